The Labute approximate surface area is 74.8 Å². The van der Waals surface area contributed by atoms with Gasteiger partial charge in [-0.05, 0) is 18.2 Å². The van der Waals surface area contributed by atoms with Crippen LogP contribution in [0, 0.1) is 17.1 Å². The maximum Gasteiger partial charge on any atom is 0.221 e. The van der Waals surface area contributed by atoms with E-state index in [1.807, 2.05) is 6.07 Å². The van der Waals surface area contributed by atoms with E-state index in [9.17, 15) is 9.18 Å². The van der Waals surface area contributed by atoms with E-state index in [2.05, 4.69) is 5.32 Å². The van der Waals surface area contributed by atoms with Gasteiger partial charge < -0.3 is 5.32 Å². The van der Waals surface area contributed by atoms with Crippen LogP contribution in [-0.2, 0) is 4.79 Å². The molecule has 0 aliphatic rings. The summed E-state index contributed by atoms with van der Waals surface area (Å²) in [7, 11) is 0. The van der Waals surface area contributed by atoms with Gasteiger partial charge in [-0.1, -0.05) is 0 Å². The molecule has 13 heavy (non-hydrogen) atoms. The van der Waals surface area contributed by atoms with Gasteiger partial charge in [0.2, 0.25) is 5.91 Å². The number of amides is 1. The predicted molar refractivity (Wildman–Crippen MR) is 45.4 cm³/mol. The summed E-state index contributed by atoms with van der Waals surface area (Å²) >= 11 is 0. The summed E-state index contributed by atoms with van der Waals surface area (Å²) in [6.07, 6.45) is 0. The van der Waals surface area contributed by atoms with Crippen LogP contribution in [0.5, 0.6) is 0 Å². The minimum absolute atomic E-state index is 0.0338. The van der Waals surface area contributed by atoms with E-state index < -0.39 is 5.82 Å². The predicted octanol–water partition coefficient (Wildman–Crippen LogP) is 1.66. The van der Waals surface area contributed by atoms with Crippen molar-refractivity contribution in [1.29, 1.82) is 5.26 Å². The number of benzene rings is 1. The average Bonchev–Trinajstić information content (AvgIpc) is 2.08. The first kappa shape index (κ1) is 9.20. The molecule has 1 aromatic rings. The Kier molecular flexibility index (Phi) is 2.60. The number of halogens is 1. The molecule has 4 heteroatoms. The lowest BCUT2D eigenvalue weighted by molar-refractivity contribution is -0.114. The monoisotopic (exact) mass is 178 g/mol. The molecule has 0 unspecified atom stereocenters. The second kappa shape index (κ2) is 3.68. The molecule has 66 valence electrons. The molecule has 1 amide bonds. The summed E-state index contributed by atoms with van der Waals surface area (Å²) in [6, 6.07) is 5.63. The van der Waals surface area contributed by atoms with E-state index in [4.69, 9.17) is 5.26 Å². The Bertz CT molecular complexity index is 382. The molecule has 0 radical (unpaired) electrons. The van der Waals surface area contributed by atoms with Crippen LogP contribution in [0.4, 0.5) is 10.1 Å². The van der Waals surface area contributed by atoms with Crippen molar-refractivity contribution < 1.29 is 9.18 Å². The summed E-state index contributed by atoms with van der Waals surface area (Å²) in [4.78, 5) is 10.6. The normalized spacial score (nSPS) is 9.00. The van der Waals surface area contributed by atoms with Gasteiger partial charge in [0.25, 0.3) is 0 Å². The lowest BCUT2D eigenvalue weighted by Gasteiger charge is -2.02. The fourth-order valence-corrected chi connectivity index (χ4v) is 0.880. The molecule has 0 aliphatic carbocycles. The fraction of sp³-hybridized carbons (Fsp3) is 0.111. The molecule has 0 spiro atoms. The van der Waals surface area contributed by atoms with Gasteiger partial charge in [0.1, 0.15) is 5.82 Å². The third-order valence-electron chi connectivity index (χ3n) is 1.41. The summed E-state index contributed by atoms with van der Waals surface area (Å²) in [5.41, 5.74) is 0.344. The summed E-state index contributed by atoms with van der Waals surface area (Å²) in [5, 5.41) is 10.8. The Morgan fingerprint density at radius 2 is 2.31 bits per heavy atom. The molecule has 0 saturated carbocycles. The van der Waals surface area contributed by atoms with Crippen molar-refractivity contribution in [2.24, 2.45) is 0 Å². The van der Waals surface area contributed by atoms with E-state index >= 15 is 0 Å². The van der Waals surface area contributed by atoms with Crippen molar-refractivity contribution in [2.45, 2.75) is 6.92 Å². The number of carbonyl (C=O) groups is 1. The second-order valence-electron chi connectivity index (χ2n) is 2.49. The maximum absolute atomic E-state index is 12.9. The van der Waals surface area contributed by atoms with Crippen molar-refractivity contribution in [3.63, 3.8) is 0 Å². The number of anilines is 1. The first-order valence-corrected chi connectivity index (χ1v) is 3.60. The third-order valence-corrected chi connectivity index (χ3v) is 1.41. The molecule has 1 rings (SSSR count). The summed E-state index contributed by atoms with van der Waals surface area (Å²) in [5.74, 6) is -0.914. The highest BCUT2D eigenvalue weighted by Crippen LogP contribution is 2.15. The van der Waals surface area contributed by atoms with Crippen LogP contribution >= 0.6 is 0 Å². The van der Waals surface area contributed by atoms with Crippen LogP contribution in [0.3, 0.4) is 0 Å². The number of hydrogen-bond donors (Lipinski definition) is 1. The van der Waals surface area contributed by atoms with E-state index in [1.165, 1.54) is 19.1 Å². The van der Waals surface area contributed by atoms with Crippen LogP contribution in [0.2, 0.25) is 0 Å². The van der Waals surface area contributed by atoms with Gasteiger partial charge in [0.05, 0.1) is 17.3 Å². The largest absolute Gasteiger partial charge is 0.324 e. The Hall–Kier alpha value is -1.89. The van der Waals surface area contributed by atoms with Crippen molar-refractivity contribution >= 4 is 11.6 Å². The molecule has 1 N–H and O–H groups in total. The van der Waals surface area contributed by atoms with Crippen LogP contribution in [0.25, 0.3) is 0 Å². The molecule has 3 nitrogen and oxygen atoms in total. The third kappa shape index (κ3) is 2.27. The molecule has 0 bridgehead atoms. The standard InChI is InChI=1S/C9H7FN2O/c1-6(13)12-9-4-7(5-11)2-3-8(9)10/h2-4H,1H3,(H,12,13). The number of rotatable bonds is 1. The SMILES string of the molecule is CC(=O)Nc1cc(C#N)ccc1F. The van der Waals surface area contributed by atoms with E-state index in [0.29, 0.717) is 5.56 Å². The van der Waals surface area contributed by atoms with Gasteiger partial charge in [-0.25, -0.2) is 4.39 Å². The Morgan fingerprint density at radius 3 is 2.85 bits per heavy atom. The van der Waals surface area contributed by atoms with Crippen molar-refractivity contribution in [3.05, 3.63) is 29.6 Å². The lowest BCUT2D eigenvalue weighted by atomic mass is 10.2. The van der Waals surface area contributed by atoms with Gasteiger partial charge in [-0.3, -0.25) is 4.79 Å². The van der Waals surface area contributed by atoms with E-state index in [-0.39, 0.29) is 11.6 Å². The lowest BCUT2D eigenvalue weighted by Crippen LogP contribution is -2.07. The van der Waals surface area contributed by atoms with Gasteiger partial charge in [-0.2, -0.15) is 5.26 Å². The Morgan fingerprint density at radius 1 is 1.62 bits per heavy atom. The van der Waals surface area contributed by atoms with Crippen molar-refractivity contribution in [2.75, 3.05) is 5.32 Å². The molecule has 0 aliphatic heterocycles. The molecular formula is C9H7FN2O. The van der Waals surface area contributed by atoms with E-state index in [0.717, 1.165) is 6.07 Å². The molecule has 0 aromatic heterocycles. The zero-order valence-corrected chi connectivity index (χ0v) is 6.97. The first-order valence-electron chi connectivity index (χ1n) is 3.60. The zero-order chi connectivity index (χ0) is 9.84. The molecule has 1 aromatic carbocycles. The van der Waals surface area contributed by atoms with Crippen LogP contribution in [0.1, 0.15) is 12.5 Å². The zero-order valence-electron chi connectivity index (χ0n) is 6.97. The van der Waals surface area contributed by atoms with Crippen LogP contribution in [-0.4, -0.2) is 5.91 Å². The van der Waals surface area contributed by atoms with Crippen LogP contribution < -0.4 is 5.32 Å². The topological polar surface area (TPSA) is 52.9 Å². The number of nitriles is 1. The average molecular weight is 178 g/mol. The van der Waals surface area contributed by atoms with Crippen molar-refractivity contribution in [3.8, 4) is 6.07 Å². The number of nitrogens with one attached hydrogen (secondary N) is 1. The smallest absolute Gasteiger partial charge is 0.221 e. The quantitative estimate of drug-likeness (QED) is 0.710. The molecule has 0 fully saturated rings. The number of carbonyl (C=O) groups excluding carboxylic acids is 1. The molecule has 0 saturated heterocycles. The molecule has 0 heterocycles. The minimum Gasteiger partial charge on any atom is -0.324 e. The first-order chi connectivity index (χ1) is 6.13. The number of nitrogens with zero attached hydrogens (tertiary/aromatic N) is 1. The maximum atomic E-state index is 12.9. The summed E-state index contributed by atoms with van der Waals surface area (Å²) < 4.78 is 12.9. The second-order valence-corrected chi connectivity index (χ2v) is 2.49. The minimum atomic E-state index is -0.547. The highest BCUT2D eigenvalue weighted by atomic mass is 19.1. The van der Waals surface area contributed by atoms with Crippen LogP contribution in [0.15, 0.2) is 18.2 Å². The highest BCUT2D eigenvalue weighted by Gasteiger charge is 2.03. The van der Waals surface area contributed by atoms with Gasteiger partial charge in [0, 0.05) is 6.92 Å². The summed E-state index contributed by atoms with van der Waals surface area (Å²) in [6.45, 7) is 1.28. The van der Waals surface area contributed by atoms with Gasteiger partial charge in [0.15, 0.2) is 0 Å². The van der Waals surface area contributed by atoms with E-state index in [1.54, 1.807) is 0 Å². The molecule has 0 atom stereocenters. The van der Waals surface area contributed by atoms with Crippen molar-refractivity contribution in [1.82, 2.24) is 0 Å². The number of hydrogen-bond acceptors (Lipinski definition) is 2. The van der Waals surface area contributed by atoms with Gasteiger partial charge in [-0.15, -0.1) is 0 Å². The van der Waals surface area contributed by atoms with Gasteiger partial charge >= 0.3 is 0 Å². The molecular weight excluding hydrogens is 171 g/mol. The fourth-order valence-electron chi connectivity index (χ4n) is 0.880. The highest BCUT2D eigenvalue weighted by molar-refractivity contribution is 5.88. The Balaban J connectivity index is 3.05.